The SMILES string of the molecule is Cc1cc(C(=O)N2CC[C@@H](N)C2)ccc1[N+](=O)[O-]. The Balaban J connectivity index is 2.21. The Morgan fingerprint density at radius 2 is 2.28 bits per heavy atom. The van der Waals surface area contributed by atoms with Crippen LogP contribution in [0, 0.1) is 17.0 Å². The van der Waals surface area contributed by atoms with Gasteiger partial charge in [-0.1, -0.05) is 0 Å². The predicted molar refractivity (Wildman–Crippen MR) is 66.3 cm³/mol. The smallest absolute Gasteiger partial charge is 0.272 e. The number of benzene rings is 1. The third-order valence-electron chi connectivity index (χ3n) is 3.15. The molecule has 96 valence electrons. The summed E-state index contributed by atoms with van der Waals surface area (Å²) in [6, 6.07) is 4.47. The number of carbonyl (C=O) groups excluding carboxylic acids is 1. The van der Waals surface area contributed by atoms with Crippen LogP contribution in [0.4, 0.5) is 5.69 Å². The van der Waals surface area contributed by atoms with Gasteiger partial charge < -0.3 is 10.6 Å². The maximum atomic E-state index is 12.1. The van der Waals surface area contributed by atoms with Crippen LogP contribution >= 0.6 is 0 Å². The molecule has 6 nitrogen and oxygen atoms in total. The van der Waals surface area contributed by atoms with E-state index in [1.165, 1.54) is 12.1 Å². The topological polar surface area (TPSA) is 89.5 Å². The first-order valence-corrected chi connectivity index (χ1v) is 5.79. The van der Waals surface area contributed by atoms with Crippen LogP contribution in [0.2, 0.25) is 0 Å². The first-order chi connectivity index (χ1) is 8.49. The number of nitrogens with two attached hydrogens (primary N) is 1. The Labute approximate surface area is 105 Å². The van der Waals surface area contributed by atoms with E-state index in [1.54, 1.807) is 17.9 Å². The number of likely N-dealkylation sites (tertiary alicyclic amines) is 1. The predicted octanol–water partition coefficient (Wildman–Crippen LogP) is 1.08. The van der Waals surface area contributed by atoms with Crippen LogP contribution in [0.25, 0.3) is 0 Å². The number of carbonyl (C=O) groups is 1. The number of nitro groups is 1. The number of nitrogens with zero attached hydrogens (tertiary/aromatic N) is 2. The molecule has 1 aromatic carbocycles. The van der Waals surface area contributed by atoms with Crippen molar-refractivity contribution in [1.82, 2.24) is 4.90 Å². The van der Waals surface area contributed by atoms with Gasteiger partial charge in [-0.25, -0.2) is 0 Å². The van der Waals surface area contributed by atoms with Crippen molar-refractivity contribution in [1.29, 1.82) is 0 Å². The van der Waals surface area contributed by atoms with E-state index in [0.29, 0.717) is 24.2 Å². The fourth-order valence-corrected chi connectivity index (χ4v) is 2.15. The van der Waals surface area contributed by atoms with Gasteiger partial charge in [0.25, 0.3) is 11.6 Å². The van der Waals surface area contributed by atoms with Crippen LogP contribution in [0.5, 0.6) is 0 Å². The standard InChI is InChI=1S/C12H15N3O3/c1-8-6-9(2-3-11(8)15(17)18)12(16)14-5-4-10(13)7-14/h2-3,6,10H,4-5,7,13H2,1H3/t10-/m1/s1. The van der Waals surface area contributed by atoms with Crippen LogP contribution < -0.4 is 5.73 Å². The van der Waals surface area contributed by atoms with E-state index in [0.717, 1.165) is 6.42 Å². The highest BCUT2D eigenvalue weighted by Crippen LogP contribution is 2.20. The summed E-state index contributed by atoms with van der Waals surface area (Å²) < 4.78 is 0. The van der Waals surface area contributed by atoms with Gasteiger partial charge in [0.05, 0.1) is 4.92 Å². The molecule has 0 aliphatic carbocycles. The van der Waals surface area contributed by atoms with Gasteiger partial charge in [0.15, 0.2) is 0 Å². The molecule has 2 rings (SSSR count). The van der Waals surface area contributed by atoms with Crippen molar-refractivity contribution in [3.8, 4) is 0 Å². The molecule has 18 heavy (non-hydrogen) atoms. The molecule has 1 amide bonds. The number of amides is 1. The molecule has 0 aromatic heterocycles. The van der Waals surface area contributed by atoms with Gasteiger partial charge in [0, 0.05) is 36.3 Å². The Bertz CT molecular complexity index is 501. The van der Waals surface area contributed by atoms with Crippen molar-refractivity contribution in [2.45, 2.75) is 19.4 Å². The summed E-state index contributed by atoms with van der Waals surface area (Å²) in [5, 5.41) is 10.7. The highest BCUT2D eigenvalue weighted by atomic mass is 16.6. The molecule has 0 spiro atoms. The van der Waals surface area contributed by atoms with Gasteiger partial charge in [-0.05, 0) is 25.5 Å². The van der Waals surface area contributed by atoms with Gasteiger partial charge in [0.1, 0.15) is 0 Å². The number of hydrogen-bond donors (Lipinski definition) is 1. The summed E-state index contributed by atoms with van der Waals surface area (Å²) in [7, 11) is 0. The molecule has 2 N–H and O–H groups in total. The summed E-state index contributed by atoms with van der Waals surface area (Å²) in [6.45, 7) is 2.83. The monoisotopic (exact) mass is 249 g/mol. The minimum atomic E-state index is -0.449. The van der Waals surface area contributed by atoms with Crippen molar-refractivity contribution < 1.29 is 9.72 Å². The molecular formula is C12H15N3O3. The molecule has 1 heterocycles. The van der Waals surface area contributed by atoms with Gasteiger partial charge in [-0.15, -0.1) is 0 Å². The van der Waals surface area contributed by atoms with E-state index >= 15 is 0 Å². The fraction of sp³-hybridized carbons (Fsp3) is 0.417. The molecule has 1 atom stereocenters. The van der Waals surface area contributed by atoms with Crippen LogP contribution in [-0.2, 0) is 0 Å². The normalized spacial score (nSPS) is 19.0. The Morgan fingerprint density at radius 3 is 2.78 bits per heavy atom. The first-order valence-electron chi connectivity index (χ1n) is 5.79. The van der Waals surface area contributed by atoms with Gasteiger partial charge >= 0.3 is 0 Å². The maximum Gasteiger partial charge on any atom is 0.272 e. The molecule has 0 radical (unpaired) electrons. The van der Waals surface area contributed by atoms with Crippen molar-refractivity contribution in [2.24, 2.45) is 5.73 Å². The average molecular weight is 249 g/mol. The minimum Gasteiger partial charge on any atom is -0.337 e. The van der Waals surface area contributed by atoms with Crippen LogP contribution in [0.3, 0.4) is 0 Å². The molecule has 1 saturated heterocycles. The quantitative estimate of drug-likeness (QED) is 0.627. The summed E-state index contributed by atoms with van der Waals surface area (Å²) in [6.07, 6.45) is 0.803. The summed E-state index contributed by atoms with van der Waals surface area (Å²) in [5.74, 6) is -0.110. The second kappa shape index (κ2) is 4.73. The highest BCUT2D eigenvalue weighted by molar-refractivity contribution is 5.95. The second-order valence-electron chi connectivity index (χ2n) is 4.56. The molecule has 0 unspecified atom stereocenters. The van der Waals surface area contributed by atoms with Crippen molar-refractivity contribution >= 4 is 11.6 Å². The number of rotatable bonds is 2. The fourth-order valence-electron chi connectivity index (χ4n) is 2.15. The zero-order valence-electron chi connectivity index (χ0n) is 10.1. The zero-order chi connectivity index (χ0) is 13.3. The van der Waals surface area contributed by atoms with Crippen LogP contribution in [0.1, 0.15) is 22.3 Å². The summed E-state index contributed by atoms with van der Waals surface area (Å²) in [4.78, 5) is 24.1. The second-order valence-corrected chi connectivity index (χ2v) is 4.56. The molecule has 6 heteroatoms. The number of hydrogen-bond acceptors (Lipinski definition) is 4. The summed E-state index contributed by atoms with van der Waals surface area (Å²) in [5.41, 5.74) is 6.76. The Hall–Kier alpha value is -1.95. The molecule has 0 saturated carbocycles. The minimum absolute atomic E-state index is 0.0321. The number of nitro benzene ring substituents is 1. The van der Waals surface area contributed by atoms with E-state index in [4.69, 9.17) is 5.73 Å². The third-order valence-corrected chi connectivity index (χ3v) is 3.15. The van der Waals surface area contributed by atoms with Crippen molar-refractivity contribution in [3.05, 3.63) is 39.4 Å². The average Bonchev–Trinajstić information content (AvgIpc) is 2.74. The summed E-state index contributed by atoms with van der Waals surface area (Å²) >= 11 is 0. The molecule has 1 aliphatic heterocycles. The van der Waals surface area contributed by atoms with E-state index in [1.807, 2.05) is 0 Å². The molecular weight excluding hydrogens is 234 g/mol. The van der Waals surface area contributed by atoms with E-state index in [-0.39, 0.29) is 17.6 Å². The van der Waals surface area contributed by atoms with Gasteiger partial charge in [0.2, 0.25) is 0 Å². The Kier molecular flexibility index (Phi) is 3.29. The lowest BCUT2D eigenvalue weighted by Gasteiger charge is -2.15. The lowest BCUT2D eigenvalue weighted by atomic mass is 10.1. The highest BCUT2D eigenvalue weighted by Gasteiger charge is 2.25. The largest absolute Gasteiger partial charge is 0.337 e. The zero-order valence-corrected chi connectivity index (χ0v) is 10.1. The Morgan fingerprint density at radius 1 is 1.56 bits per heavy atom. The molecule has 1 fully saturated rings. The third kappa shape index (κ3) is 2.33. The van der Waals surface area contributed by atoms with E-state index in [9.17, 15) is 14.9 Å². The molecule has 0 bridgehead atoms. The van der Waals surface area contributed by atoms with Crippen LogP contribution in [0.15, 0.2) is 18.2 Å². The number of aryl methyl sites for hydroxylation is 1. The lowest BCUT2D eigenvalue weighted by Crippen LogP contribution is -2.31. The lowest BCUT2D eigenvalue weighted by molar-refractivity contribution is -0.385. The van der Waals surface area contributed by atoms with Gasteiger partial charge in [-0.2, -0.15) is 0 Å². The van der Waals surface area contributed by atoms with E-state index < -0.39 is 4.92 Å². The first kappa shape index (κ1) is 12.5. The maximum absolute atomic E-state index is 12.1. The van der Waals surface area contributed by atoms with Crippen molar-refractivity contribution in [2.75, 3.05) is 13.1 Å². The van der Waals surface area contributed by atoms with Crippen molar-refractivity contribution in [3.63, 3.8) is 0 Å². The van der Waals surface area contributed by atoms with Gasteiger partial charge in [-0.3, -0.25) is 14.9 Å². The molecule has 1 aromatic rings. The van der Waals surface area contributed by atoms with Crippen LogP contribution in [-0.4, -0.2) is 34.9 Å². The van der Waals surface area contributed by atoms with E-state index in [2.05, 4.69) is 0 Å². The molecule has 1 aliphatic rings.